The van der Waals surface area contributed by atoms with E-state index in [0.29, 0.717) is 18.6 Å². The van der Waals surface area contributed by atoms with Crippen molar-refractivity contribution in [2.45, 2.75) is 30.7 Å². The summed E-state index contributed by atoms with van der Waals surface area (Å²) < 4.78 is 39.7. The molecule has 208 valence electrons. The molecule has 1 N–H and O–H groups in total. The van der Waals surface area contributed by atoms with Gasteiger partial charge in [0.25, 0.3) is 10.0 Å². The Kier molecular flexibility index (Phi) is 10.3. The van der Waals surface area contributed by atoms with Gasteiger partial charge in [0.2, 0.25) is 11.8 Å². The van der Waals surface area contributed by atoms with Crippen molar-refractivity contribution < 1.29 is 27.5 Å². The number of amides is 2. The summed E-state index contributed by atoms with van der Waals surface area (Å²) in [6.07, 6.45) is 0.849. The number of ether oxygens (including phenoxy) is 2. The van der Waals surface area contributed by atoms with Crippen LogP contribution >= 0.6 is 0 Å². The summed E-state index contributed by atoms with van der Waals surface area (Å²) in [4.78, 5) is 28.2. The SMILES string of the molecule is CC[C@H](C(=O)NC)N(CCc1ccccc1)C(=O)CN(c1cc(OC)ccc1OC)S(=O)(=O)c1ccccc1. The van der Waals surface area contributed by atoms with Crippen LogP contribution in [0.4, 0.5) is 5.69 Å². The van der Waals surface area contributed by atoms with Crippen molar-refractivity contribution in [2.75, 3.05) is 38.7 Å². The smallest absolute Gasteiger partial charge is 0.264 e. The van der Waals surface area contributed by atoms with Gasteiger partial charge in [0.05, 0.1) is 24.8 Å². The fourth-order valence-electron chi connectivity index (χ4n) is 4.29. The third kappa shape index (κ3) is 7.08. The molecule has 0 fully saturated rings. The average Bonchev–Trinajstić information content (AvgIpc) is 2.98. The first kappa shape index (κ1) is 29.5. The molecule has 9 nitrogen and oxygen atoms in total. The summed E-state index contributed by atoms with van der Waals surface area (Å²) in [5.74, 6) is -0.206. The molecule has 0 aliphatic carbocycles. The van der Waals surface area contributed by atoms with Crippen LogP contribution < -0.4 is 19.1 Å². The highest BCUT2D eigenvalue weighted by Gasteiger charge is 2.34. The van der Waals surface area contributed by atoms with Crippen LogP contribution in [0, 0.1) is 0 Å². The highest BCUT2D eigenvalue weighted by Crippen LogP contribution is 2.35. The highest BCUT2D eigenvalue weighted by molar-refractivity contribution is 7.92. The number of anilines is 1. The Labute approximate surface area is 230 Å². The lowest BCUT2D eigenvalue weighted by Crippen LogP contribution is -2.52. The zero-order chi connectivity index (χ0) is 28.4. The van der Waals surface area contributed by atoms with Crippen LogP contribution in [0.25, 0.3) is 0 Å². The number of nitrogens with zero attached hydrogens (tertiary/aromatic N) is 2. The first-order valence-corrected chi connectivity index (χ1v) is 14.1. The summed E-state index contributed by atoms with van der Waals surface area (Å²) in [7, 11) is 0.184. The molecule has 0 aliphatic rings. The normalized spacial score (nSPS) is 11.8. The Morgan fingerprint density at radius 3 is 2.13 bits per heavy atom. The Morgan fingerprint density at radius 2 is 1.56 bits per heavy atom. The van der Waals surface area contributed by atoms with Crippen molar-refractivity contribution in [2.24, 2.45) is 0 Å². The van der Waals surface area contributed by atoms with Crippen molar-refractivity contribution in [3.8, 4) is 11.5 Å². The molecule has 3 aromatic rings. The number of carbonyl (C=O) groups is 2. The molecule has 2 amide bonds. The van der Waals surface area contributed by atoms with Crippen LogP contribution in [-0.2, 0) is 26.0 Å². The van der Waals surface area contributed by atoms with E-state index < -0.39 is 28.5 Å². The number of nitrogens with one attached hydrogen (secondary N) is 1. The Balaban J connectivity index is 2.08. The molecule has 0 aromatic heterocycles. The molecule has 0 unspecified atom stereocenters. The lowest BCUT2D eigenvalue weighted by Gasteiger charge is -2.33. The summed E-state index contributed by atoms with van der Waals surface area (Å²) in [6.45, 7) is 1.48. The van der Waals surface area contributed by atoms with Gasteiger partial charge >= 0.3 is 0 Å². The topological polar surface area (TPSA) is 105 Å². The van der Waals surface area contributed by atoms with Crippen molar-refractivity contribution in [3.63, 3.8) is 0 Å². The Morgan fingerprint density at radius 1 is 0.923 bits per heavy atom. The minimum Gasteiger partial charge on any atom is -0.497 e. The van der Waals surface area contributed by atoms with Crippen LogP contribution in [0.3, 0.4) is 0 Å². The standard InChI is InChI=1S/C29H35N3O6S/c1-5-25(29(34)30-2)31(19-18-22-12-8-6-9-13-22)28(33)21-32(39(35,36)24-14-10-7-11-15-24)26-20-23(37-3)16-17-27(26)38-4/h6-17,20,25H,5,18-19,21H2,1-4H3,(H,30,34)/t25-/m1/s1. The van der Waals surface area contributed by atoms with E-state index in [0.717, 1.165) is 9.87 Å². The van der Waals surface area contributed by atoms with Gasteiger partial charge in [0, 0.05) is 19.7 Å². The lowest BCUT2D eigenvalue weighted by atomic mass is 10.1. The van der Waals surface area contributed by atoms with Crippen LogP contribution in [0.1, 0.15) is 18.9 Å². The summed E-state index contributed by atoms with van der Waals surface area (Å²) in [5, 5.41) is 2.62. The zero-order valence-corrected chi connectivity index (χ0v) is 23.5. The minimum absolute atomic E-state index is 0.0110. The highest BCUT2D eigenvalue weighted by atomic mass is 32.2. The van der Waals surface area contributed by atoms with E-state index in [9.17, 15) is 18.0 Å². The maximum absolute atomic E-state index is 14.0. The van der Waals surface area contributed by atoms with Gasteiger partial charge < -0.3 is 19.7 Å². The quantitative estimate of drug-likeness (QED) is 0.347. The van der Waals surface area contributed by atoms with E-state index >= 15 is 0 Å². The van der Waals surface area contributed by atoms with Gasteiger partial charge in [0.1, 0.15) is 24.1 Å². The summed E-state index contributed by atoms with van der Waals surface area (Å²) >= 11 is 0. The molecule has 0 saturated carbocycles. The second-order valence-electron chi connectivity index (χ2n) is 8.72. The number of benzene rings is 3. The second-order valence-corrected chi connectivity index (χ2v) is 10.6. The fraction of sp³-hybridized carbons (Fsp3) is 0.310. The maximum Gasteiger partial charge on any atom is 0.264 e. The number of likely N-dealkylation sites (N-methyl/N-ethyl adjacent to an activating group) is 1. The van der Waals surface area contributed by atoms with Crippen LogP contribution in [-0.4, -0.2) is 65.5 Å². The Bertz CT molecular complexity index is 1350. The molecule has 39 heavy (non-hydrogen) atoms. The maximum atomic E-state index is 14.0. The molecular formula is C29H35N3O6S. The van der Waals surface area contributed by atoms with Crippen molar-refractivity contribution in [1.82, 2.24) is 10.2 Å². The molecule has 1 atom stereocenters. The third-order valence-electron chi connectivity index (χ3n) is 6.38. The van der Waals surface area contributed by atoms with Crippen molar-refractivity contribution in [1.29, 1.82) is 0 Å². The fourth-order valence-corrected chi connectivity index (χ4v) is 5.72. The van der Waals surface area contributed by atoms with Gasteiger partial charge in [0.15, 0.2) is 0 Å². The summed E-state index contributed by atoms with van der Waals surface area (Å²) in [5.41, 5.74) is 1.13. The van der Waals surface area contributed by atoms with Crippen LogP contribution in [0.15, 0.2) is 83.8 Å². The van der Waals surface area contributed by atoms with Gasteiger partial charge in [-0.05, 0) is 42.7 Å². The molecule has 10 heteroatoms. The van der Waals surface area contributed by atoms with E-state index in [1.165, 1.54) is 44.4 Å². The van der Waals surface area contributed by atoms with E-state index in [1.807, 2.05) is 37.3 Å². The molecule has 0 radical (unpaired) electrons. The predicted octanol–water partition coefficient (Wildman–Crippen LogP) is 3.50. The zero-order valence-electron chi connectivity index (χ0n) is 22.7. The molecule has 0 heterocycles. The van der Waals surface area contributed by atoms with Gasteiger partial charge in [-0.15, -0.1) is 0 Å². The van der Waals surface area contributed by atoms with E-state index in [-0.39, 0.29) is 28.8 Å². The van der Waals surface area contributed by atoms with E-state index in [4.69, 9.17) is 9.47 Å². The molecule has 0 aliphatic heterocycles. The van der Waals surface area contributed by atoms with Crippen LogP contribution in [0.5, 0.6) is 11.5 Å². The number of hydrogen-bond donors (Lipinski definition) is 1. The number of methoxy groups -OCH3 is 2. The van der Waals surface area contributed by atoms with Gasteiger partial charge in [-0.25, -0.2) is 8.42 Å². The van der Waals surface area contributed by atoms with Gasteiger partial charge in [-0.2, -0.15) is 0 Å². The molecule has 0 bridgehead atoms. The lowest BCUT2D eigenvalue weighted by molar-refractivity contribution is -0.139. The van der Waals surface area contributed by atoms with Crippen molar-refractivity contribution in [3.05, 3.63) is 84.4 Å². The first-order valence-electron chi connectivity index (χ1n) is 12.6. The monoisotopic (exact) mass is 553 g/mol. The second kappa shape index (κ2) is 13.7. The predicted molar refractivity (Wildman–Crippen MR) is 151 cm³/mol. The number of hydrogen-bond acceptors (Lipinski definition) is 6. The van der Waals surface area contributed by atoms with Gasteiger partial charge in [-0.3, -0.25) is 13.9 Å². The van der Waals surface area contributed by atoms with Crippen molar-refractivity contribution >= 4 is 27.5 Å². The number of rotatable bonds is 13. The van der Waals surface area contributed by atoms with E-state index in [1.54, 1.807) is 30.3 Å². The number of sulfonamides is 1. The van der Waals surface area contributed by atoms with Gasteiger partial charge in [-0.1, -0.05) is 55.5 Å². The van der Waals surface area contributed by atoms with Crippen LogP contribution in [0.2, 0.25) is 0 Å². The largest absolute Gasteiger partial charge is 0.497 e. The average molecular weight is 554 g/mol. The molecule has 3 aromatic carbocycles. The molecule has 0 saturated heterocycles. The third-order valence-corrected chi connectivity index (χ3v) is 8.16. The molecule has 3 rings (SSSR count). The number of carbonyl (C=O) groups excluding carboxylic acids is 2. The minimum atomic E-state index is -4.22. The first-order chi connectivity index (χ1) is 18.8. The van der Waals surface area contributed by atoms with E-state index in [2.05, 4.69) is 5.32 Å². The molecule has 0 spiro atoms. The Hall–Kier alpha value is -4.05. The molecular weight excluding hydrogens is 518 g/mol. The summed E-state index contributed by atoms with van der Waals surface area (Å²) in [6, 6.07) is 21.4.